The van der Waals surface area contributed by atoms with Crippen LogP contribution in [0, 0.1) is 16.7 Å². The third kappa shape index (κ3) is 8.95. The lowest BCUT2D eigenvalue weighted by Crippen LogP contribution is -2.37. The van der Waals surface area contributed by atoms with Gasteiger partial charge in [-0.3, -0.25) is 4.90 Å². The SMILES string of the molecule is CC(C)(C#N)CCN(CCCO)CC(F)(F)F. The minimum atomic E-state index is -4.24. The maximum Gasteiger partial charge on any atom is 0.401 e. The van der Waals surface area contributed by atoms with Gasteiger partial charge in [-0.15, -0.1) is 0 Å². The molecule has 0 bridgehead atoms. The first kappa shape index (κ1) is 16.2. The van der Waals surface area contributed by atoms with E-state index in [9.17, 15) is 13.2 Å². The van der Waals surface area contributed by atoms with Crippen molar-refractivity contribution in [1.82, 2.24) is 4.90 Å². The van der Waals surface area contributed by atoms with Gasteiger partial charge in [-0.1, -0.05) is 0 Å². The van der Waals surface area contributed by atoms with Gasteiger partial charge in [-0.2, -0.15) is 18.4 Å². The van der Waals surface area contributed by atoms with Gasteiger partial charge in [-0.25, -0.2) is 0 Å². The third-order valence-electron chi connectivity index (χ3n) is 2.39. The monoisotopic (exact) mass is 252 g/mol. The van der Waals surface area contributed by atoms with E-state index >= 15 is 0 Å². The van der Waals surface area contributed by atoms with E-state index in [1.807, 2.05) is 0 Å². The van der Waals surface area contributed by atoms with Crippen molar-refractivity contribution in [2.45, 2.75) is 32.9 Å². The maximum absolute atomic E-state index is 12.3. The highest BCUT2D eigenvalue weighted by molar-refractivity contribution is 4.92. The van der Waals surface area contributed by atoms with E-state index in [-0.39, 0.29) is 19.7 Å². The number of nitriles is 1. The molecule has 0 unspecified atom stereocenters. The first-order valence-electron chi connectivity index (χ1n) is 5.51. The molecule has 0 aliphatic heterocycles. The van der Waals surface area contributed by atoms with Gasteiger partial charge in [0.15, 0.2) is 0 Å². The van der Waals surface area contributed by atoms with Crippen LogP contribution in [-0.4, -0.2) is 42.4 Å². The molecule has 0 heterocycles. The number of hydrogen-bond acceptors (Lipinski definition) is 3. The summed E-state index contributed by atoms with van der Waals surface area (Å²) >= 11 is 0. The highest BCUT2D eigenvalue weighted by atomic mass is 19.4. The van der Waals surface area contributed by atoms with Crippen LogP contribution in [0.3, 0.4) is 0 Å². The Hall–Kier alpha value is -0.800. The lowest BCUT2D eigenvalue weighted by molar-refractivity contribution is -0.146. The molecule has 17 heavy (non-hydrogen) atoms. The Labute approximate surface area is 99.8 Å². The highest BCUT2D eigenvalue weighted by Gasteiger charge is 2.31. The smallest absolute Gasteiger partial charge is 0.396 e. The lowest BCUT2D eigenvalue weighted by atomic mass is 9.91. The Balaban J connectivity index is 4.25. The Morgan fingerprint density at radius 2 is 1.82 bits per heavy atom. The zero-order valence-electron chi connectivity index (χ0n) is 10.2. The molecule has 3 nitrogen and oxygen atoms in total. The van der Waals surface area contributed by atoms with Crippen molar-refractivity contribution in [3.8, 4) is 6.07 Å². The summed E-state index contributed by atoms with van der Waals surface area (Å²) in [4.78, 5) is 1.23. The number of nitrogens with zero attached hydrogens (tertiary/aromatic N) is 2. The molecule has 0 aliphatic carbocycles. The molecular weight excluding hydrogens is 233 g/mol. The number of aliphatic hydroxyl groups is 1. The molecule has 0 saturated carbocycles. The van der Waals surface area contributed by atoms with Crippen LogP contribution in [0.15, 0.2) is 0 Å². The van der Waals surface area contributed by atoms with E-state index < -0.39 is 18.1 Å². The predicted molar refractivity (Wildman–Crippen MR) is 58.2 cm³/mol. The molecule has 0 radical (unpaired) electrons. The second-order valence-corrected chi connectivity index (χ2v) is 4.71. The lowest BCUT2D eigenvalue weighted by Gasteiger charge is -2.26. The minimum absolute atomic E-state index is 0.129. The molecule has 0 spiro atoms. The number of alkyl halides is 3. The molecule has 0 rings (SSSR count). The quantitative estimate of drug-likeness (QED) is 0.755. The van der Waals surface area contributed by atoms with Gasteiger partial charge < -0.3 is 5.11 Å². The Kier molecular flexibility index (Phi) is 6.50. The van der Waals surface area contributed by atoms with Gasteiger partial charge in [0.05, 0.1) is 18.0 Å². The molecular formula is C11H19F3N2O. The predicted octanol–water partition coefficient (Wildman–Crippen LogP) is 2.17. The standard InChI is InChI=1S/C11H19F3N2O/c1-10(2,8-15)4-6-16(5-3-7-17)9-11(12,13)14/h17H,3-7,9H2,1-2H3. The summed E-state index contributed by atoms with van der Waals surface area (Å²) < 4.78 is 36.8. The van der Waals surface area contributed by atoms with E-state index in [0.29, 0.717) is 12.8 Å². The summed E-state index contributed by atoms with van der Waals surface area (Å²) in [5, 5.41) is 17.4. The zero-order valence-corrected chi connectivity index (χ0v) is 10.2. The summed E-state index contributed by atoms with van der Waals surface area (Å²) in [6.45, 7) is 2.68. The first-order valence-corrected chi connectivity index (χ1v) is 5.51. The summed E-state index contributed by atoms with van der Waals surface area (Å²) in [7, 11) is 0. The topological polar surface area (TPSA) is 47.3 Å². The second-order valence-electron chi connectivity index (χ2n) is 4.71. The molecule has 0 amide bonds. The average Bonchev–Trinajstić information content (AvgIpc) is 2.20. The Morgan fingerprint density at radius 3 is 2.24 bits per heavy atom. The summed E-state index contributed by atoms with van der Waals surface area (Å²) in [5.74, 6) is 0. The van der Waals surface area contributed by atoms with Crippen molar-refractivity contribution in [2.75, 3.05) is 26.2 Å². The molecule has 1 N–H and O–H groups in total. The number of halogens is 3. The van der Waals surface area contributed by atoms with E-state index in [0.717, 1.165) is 0 Å². The molecule has 100 valence electrons. The number of rotatable bonds is 7. The van der Waals surface area contributed by atoms with Crippen LogP contribution in [0.4, 0.5) is 13.2 Å². The van der Waals surface area contributed by atoms with Gasteiger partial charge in [0.2, 0.25) is 0 Å². The zero-order chi connectivity index (χ0) is 13.5. The fourth-order valence-corrected chi connectivity index (χ4v) is 1.31. The molecule has 6 heteroatoms. The molecule has 0 aromatic carbocycles. The summed E-state index contributed by atoms with van der Waals surface area (Å²) in [6, 6.07) is 2.06. The van der Waals surface area contributed by atoms with E-state index in [1.165, 1.54) is 4.90 Å². The van der Waals surface area contributed by atoms with Crippen molar-refractivity contribution in [3.05, 3.63) is 0 Å². The van der Waals surface area contributed by atoms with Crippen molar-refractivity contribution < 1.29 is 18.3 Å². The number of aliphatic hydroxyl groups excluding tert-OH is 1. The van der Waals surface area contributed by atoms with Gasteiger partial charge in [0, 0.05) is 13.2 Å². The molecule has 0 saturated heterocycles. The normalized spacial score (nSPS) is 12.8. The molecule has 0 fully saturated rings. The fourth-order valence-electron chi connectivity index (χ4n) is 1.31. The average molecular weight is 252 g/mol. The minimum Gasteiger partial charge on any atom is -0.396 e. The van der Waals surface area contributed by atoms with Crippen LogP contribution in [0.2, 0.25) is 0 Å². The van der Waals surface area contributed by atoms with Gasteiger partial charge >= 0.3 is 6.18 Å². The van der Waals surface area contributed by atoms with Gasteiger partial charge in [0.25, 0.3) is 0 Å². The number of hydrogen-bond donors (Lipinski definition) is 1. The summed E-state index contributed by atoms with van der Waals surface area (Å²) in [6.07, 6.45) is -3.56. The van der Waals surface area contributed by atoms with E-state index in [2.05, 4.69) is 6.07 Å². The van der Waals surface area contributed by atoms with Crippen LogP contribution in [-0.2, 0) is 0 Å². The fraction of sp³-hybridized carbons (Fsp3) is 0.909. The molecule has 0 aliphatic rings. The maximum atomic E-state index is 12.3. The van der Waals surface area contributed by atoms with Crippen molar-refractivity contribution in [3.63, 3.8) is 0 Å². The van der Waals surface area contributed by atoms with Crippen molar-refractivity contribution >= 4 is 0 Å². The molecule has 0 aromatic heterocycles. The Bertz CT molecular complexity index is 258. The van der Waals surface area contributed by atoms with Crippen molar-refractivity contribution in [2.24, 2.45) is 5.41 Å². The van der Waals surface area contributed by atoms with Gasteiger partial charge in [-0.05, 0) is 33.2 Å². The summed E-state index contributed by atoms with van der Waals surface area (Å²) in [5.41, 5.74) is -0.622. The van der Waals surface area contributed by atoms with Crippen LogP contribution < -0.4 is 0 Å². The van der Waals surface area contributed by atoms with Crippen LogP contribution >= 0.6 is 0 Å². The first-order chi connectivity index (χ1) is 7.70. The highest BCUT2D eigenvalue weighted by Crippen LogP contribution is 2.21. The molecule has 0 aromatic rings. The van der Waals surface area contributed by atoms with E-state index in [4.69, 9.17) is 10.4 Å². The largest absolute Gasteiger partial charge is 0.401 e. The van der Waals surface area contributed by atoms with Crippen molar-refractivity contribution in [1.29, 1.82) is 5.26 Å². The van der Waals surface area contributed by atoms with Crippen LogP contribution in [0.1, 0.15) is 26.7 Å². The van der Waals surface area contributed by atoms with Crippen LogP contribution in [0.25, 0.3) is 0 Å². The van der Waals surface area contributed by atoms with Crippen LogP contribution in [0.5, 0.6) is 0 Å². The Morgan fingerprint density at radius 1 is 1.24 bits per heavy atom. The van der Waals surface area contributed by atoms with Gasteiger partial charge in [0.1, 0.15) is 0 Å². The third-order valence-corrected chi connectivity index (χ3v) is 2.39. The second kappa shape index (κ2) is 6.82. The van der Waals surface area contributed by atoms with E-state index in [1.54, 1.807) is 13.8 Å². The molecule has 0 atom stereocenters.